The summed E-state index contributed by atoms with van der Waals surface area (Å²) in [7, 11) is 0. The minimum Gasteiger partial charge on any atom is -0.508 e. The summed E-state index contributed by atoms with van der Waals surface area (Å²) < 4.78 is 19.8. The summed E-state index contributed by atoms with van der Waals surface area (Å²) in [5.41, 5.74) is 15.9. The minimum atomic E-state index is -0.704. The summed E-state index contributed by atoms with van der Waals surface area (Å²) in [6.45, 7) is 14.3. The molecule has 0 radical (unpaired) electrons. The van der Waals surface area contributed by atoms with Gasteiger partial charge in [-0.1, -0.05) is 68.3 Å². The minimum absolute atomic E-state index is 0.116. The molecule has 3 aromatic heterocycles. The lowest BCUT2D eigenvalue weighted by atomic mass is 10.0. The summed E-state index contributed by atoms with van der Waals surface area (Å²) in [5, 5.41) is 40.8. The van der Waals surface area contributed by atoms with Crippen LogP contribution in [0.15, 0.2) is 60.9 Å². The van der Waals surface area contributed by atoms with Crippen molar-refractivity contribution in [2.24, 2.45) is 23.3 Å². The number of nitrogens with one attached hydrogen (secondary N) is 1. The number of ether oxygens (including phenoxy) is 3. The first-order chi connectivity index (χ1) is 36.2. The molecule has 5 aromatic rings. The number of terminal acetylenes is 1. The molecule has 2 fully saturated rings. The second-order valence-corrected chi connectivity index (χ2v) is 19.8. The monoisotopic (exact) mass is 1030 g/mol. The van der Waals surface area contributed by atoms with E-state index in [9.17, 15) is 19.8 Å². The lowest BCUT2D eigenvalue weighted by molar-refractivity contribution is -0.136. The van der Waals surface area contributed by atoms with Gasteiger partial charge < -0.3 is 60.8 Å². The highest BCUT2D eigenvalue weighted by Crippen LogP contribution is 2.27. The van der Waals surface area contributed by atoms with Gasteiger partial charge in [0.1, 0.15) is 30.2 Å². The first-order valence-electron chi connectivity index (χ1n) is 25.9. The van der Waals surface area contributed by atoms with Gasteiger partial charge in [-0.3, -0.25) is 9.59 Å². The molecular formula is C52H74N16O7. The van der Waals surface area contributed by atoms with Crippen molar-refractivity contribution in [3.63, 3.8) is 0 Å². The van der Waals surface area contributed by atoms with Crippen LogP contribution in [0.25, 0.3) is 0 Å². The highest BCUT2D eigenvalue weighted by Gasteiger charge is 2.34. The van der Waals surface area contributed by atoms with Crippen LogP contribution < -0.4 is 26.6 Å². The largest absolute Gasteiger partial charge is 0.508 e. The van der Waals surface area contributed by atoms with E-state index < -0.39 is 12.1 Å². The number of rotatable bonds is 27. The zero-order valence-corrected chi connectivity index (χ0v) is 43.7. The van der Waals surface area contributed by atoms with Gasteiger partial charge in [-0.15, -0.1) is 16.6 Å². The number of nitrogens with zero attached hydrogens (tertiary/aromatic N) is 13. The number of carbonyl (C=O) groups is 2. The van der Waals surface area contributed by atoms with Crippen LogP contribution in [0.2, 0.25) is 0 Å². The van der Waals surface area contributed by atoms with Crippen LogP contribution >= 0.6 is 0 Å². The highest BCUT2D eigenvalue weighted by molar-refractivity contribution is 5.81. The number of hydrogen-bond acceptors (Lipinski definition) is 19. The van der Waals surface area contributed by atoms with E-state index in [4.69, 9.17) is 47.1 Å². The Kier molecular flexibility index (Phi) is 20.5. The zero-order chi connectivity index (χ0) is 53.3. The first kappa shape index (κ1) is 55.8. The Labute approximate surface area is 438 Å². The number of aromatic hydroxyl groups is 2. The van der Waals surface area contributed by atoms with E-state index in [2.05, 4.69) is 59.6 Å². The fourth-order valence-electron chi connectivity index (χ4n) is 8.98. The summed E-state index contributed by atoms with van der Waals surface area (Å²) in [6, 6.07) is 11.6. The average molecular weight is 1040 g/mol. The molecule has 4 atom stereocenters. The van der Waals surface area contributed by atoms with E-state index in [1.165, 1.54) is 0 Å². The van der Waals surface area contributed by atoms with Gasteiger partial charge in [0.05, 0.1) is 68.9 Å². The summed E-state index contributed by atoms with van der Waals surface area (Å²) in [5.74, 6) is 4.43. The van der Waals surface area contributed by atoms with E-state index in [-0.39, 0.29) is 42.0 Å². The number of nitrogens with two attached hydrogens (primary N) is 2. The number of aromatic nitrogens is 9. The van der Waals surface area contributed by atoms with Gasteiger partial charge in [-0.05, 0) is 60.1 Å². The zero-order valence-electron chi connectivity index (χ0n) is 43.7. The van der Waals surface area contributed by atoms with Gasteiger partial charge in [0.15, 0.2) is 0 Å². The summed E-state index contributed by atoms with van der Waals surface area (Å²) >= 11 is 0. The van der Waals surface area contributed by atoms with Crippen molar-refractivity contribution in [2.75, 3.05) is 114 Å². The third kappa shape index (κ3) is 16.3. The van der Waals surface area contributed by atoms with Crippen molar-refractivity contribution in [3.8, 4) is 23.8 Å². The molecule has 2 aromatic carbocycles. The molecular weight excluding hydrogens is 961 g/mol. The van der Waals surface area contributed by atoms with Crippen LogP contribution in [-0.2, 0) is 36.6 Å². The Morgan fingerprint density at radius 2 is 1.04 bits per heavy atom. The van der Waals surface area contributed by atoms with Crippen LogP contribution in [0.4, 0.5) is 17.8 Å². The number of hydrogen-bond donors (Lipinski definition) is 5. The van der Waals surface area contributed by atoms with Crippen molar-refractivity contribution in [2.45, 2.75) is 77.5 Å². The Balaban J connectivity index is 1.04. The van der Waals surface area contributed by atoms with Crippen molar-refractivity contribution < 1.29 is 34.0 Å². The Morgan fingerprint density at radius 3 is 1.45 bits per heavy atom. The molecule has 404 valence electrons. The topological polar surface area (TPSA) is 279 Å². The number of piperazine rings is 2. The number of benzene rings is 2. The number of anilines is 3. The van der Waals surface area contributed by atoms with Gasteiger partial charge in [0.25, 0.3) is 0 Å². The molecule has 23 heteroatoms. The lowest BCUT2D eigenvalue weighted by Gasteiger charge is -2.38. The molecule has 7 rings (SSSR count). The predicted molar refractivity (Wildman–Crippen MR) is 282 cm³/mol. The Morgan fingerprint density at radius 1 is 0.627 bits per heavy atom. The second-order valence-electron chi connectivity index (χ2n) is 19.8. The van der Waals surface area contributed by atoms with Crippen LogP contribution in [0.3, 0.4) is 0 Å². The van der Waals surface area contributed by atoms with E-state index in [1.807, 2.05) is 19.6 Å². The smallest absolute Gasteiger partial charge is 0.247 e. The Hall–Kier alpha value is -6.97. The molecule has 0 bridgehead atoms. The van der Waals surface area contributed by atoms with Crippen LogP contribution in [0.5, 0.6) is 11.5 Å². The van der Waals surface area contributed by atoms with Gasteiger partial charge in [0, 0.05) is 71.7 Å². The molecule has 7 N–H and O–H groups in total. The predicted octanol–water partition coefficient (Wildman–Crippen LogP) is 2.92. The standard InChI is InChI=1S/C52H74N16O7/c1-6-24-73-26-28-75-29-27-74-25-15-55-50-56-51(65-20-16-63(17-21-65)48(71)46(32-38-7-11-40(69)12-8-38)67-34-44(59-61-67)42(53)30-36(2)3)58-52(57-50)66-22-18-64(19-23-66)49(72)47(33-39-9-13-41(70)14-10-39)68-35-45(60-62-68)43(54)31-37(4)5/h1,7-14,34-37,42-43,46-47,69-70H,15-33,53-54H2,2-5H3,(H,55,56,57,58)/t42-,43-,46+,47+/m0/s1. The molecule has 0 saturated carbocycles. The molecule has 0 spiro atoms. The molecule has 5 heterocycles. The summed E-state index contributed by atoms with van der Waals surface area (Å²) in [4.78, 5) is 51.5. The Bertz CT molecular complexity index is 2430. The van der Waals surface area contributed by atoms with Gasteiger partial charge >= 0.3 is 0 Å². The normalized spacial score (nSPS) is 15.8. The first-order valence-corrected chi connectivity index (χ1v) is 25.9. The maximum absolute atomic E-state index is 14.5. The van der Waals surface area contributed by atoms with Crippen molar-refractivity contribution in [1.29, 1.82) is 0 Å². The van der Waals surface area contributed by atoms with Crippen molar-refractivity contribution in [1.82, 2.24) is 54.7 Å². The van der Waals surface area contributed by atoms with E-state index in [0.29, 0.717) is 146 Å². The molecule has 23 nitrogen and oxygen atoms in total. The summed E-state index contributed by atoms with van der Waals surface area (Å²) in [6.07, 6.45) is 10.9. The lowest BCUT2D eigenvalue weighted by Crippen LogP contribution is -2.52. The fourth-order valence-corrected chi connectivity index (χ4v) is 8.98. The molecule has 2 aliphatic rings. The molecule has 2 amide bonds. The van der Waals surface area contributed by atoms with Crippen molar-refractivity contribution in [3.05, 3.63) is 83.4 Å². The highest BCUT2D eigenvalue weighted by atomic mass is 16.5. The fraction of sp³-hybridized carbons (Fsp3) is 0.558. The van der Waals surface area contributed by atoms with Gasteiger partial charge in [-0.25, -0.2) is 9.36 Å². The number of amides is 2. The SMILES string of the molecule is C#CCOCCOCCOCCNc1nc(N2CCN(C(=O)[C@@H](Cc3ccc(O)cc3)n3cc([C@@H](N)CC(C)C)nn3)CC2)nc(N2CCN(C(=O)[C@@H](Cc3ccc(O)cc3)n3cc([C@@H](N)CC(C)C)nn3)CC2)n1. The molecule has 2 saturated heterocycles. The number of phenols is 2. The molecule has 2 aliphatic heterocycles. The quantitative estimate of drug-likeness (QED) is 0.0373. The maximum Gasteiger partial charge on any atom is 0.247 e. The third-order valence-corrected chi connectivity index (χ3v) is 13.0. The number of carbonyl (C=O) groups excluding carboxylic acids is 2. The van der Waals surface area contributed by atoms with E-state index in [0.717, 1.165) is 24.0 Å². The van der Waals surface area contributed by atoms with Gasteiger partial charge in [0.2, 0.25) is 29.7 Å². The molecule has 0 aliphatic carbocycles. The maximum atomic E-state index is 14.5. The van der Waals surface area contributed by atoms with Crippen molar-refractivity contribution >= 4 is 29.7 Å². The van der Waals surface area contributed by atoms with Crippen LogP contribution in [0, 0.1) is 24.2 Å². The van der Waals surface area contributed by atoms with Gasteiger partial charge in [-0.2, -0.15) is 15.0 Å². The van der Waals surface area contributed by atoms with E-state index in [1.54, 1.807) is 70.3 Å². The number of phenolic OH excluding ortho intramolecular Hbond substituents is 2. The second kappa shape index (κ2) is 27.5. The van der Waals surface area contributed by atoms with Crippen LogP contribution in [0.1, 0.15) is 87.2 Å². The van der Waals surface area contributed by atoms with E-state index >= 15 is 0 Å². The third-order valence-electron chi connectivity index (χ3n) is 13.0. The van der Waals surface area contributed by atoms with Crippen LogP contribution in [-0.4, -0.2) is 175 Å². The molecule has 0 unspecified atom stereocenters. The average Bonchev–Trinajstić information content (AvgIpc) is 4.11. The molecule has 75 heavy (non-hydrogen) atoms.